The van der Waals surface area contributed by atoms with Gasteiger partial charge in [0.2, 0.25) is 5.91 Å². The maximum absolute atomic E-state index is 12.3. The third-order valence-electron chi connectivity index (χ3n) is 3.60. The van der Waals surface area contributed by atoms with E-state index in [1.807, 2.05) is 24.3 Å². The van der Waals surface area contributed by atoms with Crippen LogP contribution in [0.25, 0.3) is 10.8 Å². The molecule has 0 bridgehead atoms. The number of amides is 1. The van der Waals surface area contributed by atoms with Crippen LogP contribution in [0.2, 0.25) is 0 Å². The van der Waals surface area contributed by atoms with Gasteiger partial charge in [0, 0.05) is 11.1 Å². The molecule has 6 heteroatoms. The molecule has 1 amide bonds. The number of esters is 1. The highest BCUT2D eigenvalue weighted by Gasteiger charge is 2.35. The molecule has 3 N–H and O–H groups in total. The fraction of sp³-hybridized carbons (Fsp3) is 0.250. The molecule has 0 fully saturated rings. The molecule has 2 aromatic carbocycles. The van der Waals surface area contributed by atoms with Crippen LogP contribution in [0.1, 0.15) is 6.92 Å². The molecule has 0 saturated carbocycles. The number of carbonyl (C=O) groups excluding carboxylic acids is 2. The van der Waals surface area contributed by atoms with Gasteiger partial charge in [-0.2, -0.15) is 0 Å². The summed E-state index contributed by atoms with van der Waals surface area (Å²) in [7, 11) is 0. The molecular weight excluding hydrogens is 284 g/mol. The van der Waals surface area contributed by atoms with Crippen LogP contribution in [0.5, 0.6) is 0 Å². The summed E-state index contributed by atoms with van der Waals surface area (Å²) in [5, 5.41) is 17.6. The van der Waals surface area contributed by atoms with Crippen LogP contribution in [0.4, 0.5) is 11.4 Å². The molecule has 1 heterocycles. The highest BCUT2D eigenvalue weighted by molar-refractivity contribution is 6.13. The maximum Gasteiger partial charge on any atom is 0.337 e. The molecule has 0 unspecified atom stereocenters. The zero-order chi connectivity index (χ0) is 15.7. The smallest absolute Gasteiger partial charge is 0.337 e. The maximum atomic E-state index is 12.3. The molecule has 22 heavy (non-hydrogen) atoms. The molecule has 0 radical (unpaired) electrons. The van der Waals surface area contributed by atoms with Gasteiger partial charge in [-0.25, -0.2) is 4.79 Å². The summed E-state index contributed by atoms with van der Waals surface area (Å²) in [6.07, 6.45) is -1.58. The lowest BCUT2D eigenvalue weighted by Gasteiger charge is -2.20. The first-order valence-corrected chi connectivity index (χ1v) is 7.05. The summed E-state index contributed by atoms with van der Waals surface area (Å²) in [5.41, 5.74) is 1.32. The second-order valence-corrected chi connectivity index (χ2v) is 5.02. The molecule has 3 rings (SSSR count). The van der Waals surface area contributed by atoms with Gasteiger partial charge in [0.25, 0.3) is 0 Å². The van der Waals surface area contributed by atoms with Crippen LogP contribution in [-0.2, 0) is 14.3 Å². The Hall–Kier alpha value is -2.60. The number of nitrogens with one attached hydrogen (secondary N) is 2. The molecule has 0 aromatic heterocycles. The number of ether oxygens (including phenoxy) is 1. The summed E-state index contributed by atoms with van der Waals surface area (Å²) in [6.45, 7) is 1.78. The lowest BCUT2D eigenvalue weighted by Crippen LogP contribution is -2.47. The lowest BCUT2D eigenvalue weighted by molar-refractivity contribution is -0.155. The van der Waals surface area contributed by atoms with Crippen molar-refractivity contribution >= 4 is 34.0 Å². The van der Waals surface area contributed by atoms with Crippen LogP contribution in [-0.4, -0.2) is 35.7 Å². The van der Waals surface area contributed by atoms with E-state index in [9.17, 15) is 14.7 Å². The van der Waals surface area contributed by atoms with Gasteiger partial charge in [-0.05, 0) is 24.4 Å². The molecule has 1 aliphatic heterocycles. The number of aliphatic hydroxyl groups excluding tert-OH is 1. The van der Waals surface area contributed by atoms with Crippen molar-refractivity contribution < 1.29 is 19.4 Å². The van der Waals surface area contributed by atoms with E-state index >= 15 is 0 Å². The van der Waals surface area contributed by atoms with Crippen molar-refractivity contribution in [3.8, 4) is 0 Å². The summed E-state index contributed by atoms with van der Waals surface area (Å²) in [6, 6.07) is 10.0. The predicted molar refractivity (Wildman–Crippen MR) is 82.6 cm³/mol. The van der Waals surface area contributed by atoms with Crippen LogP contribution in [0, 0.1) is 0 Å². The van der Waals surface area contributed by atoms with E-state index in [0.29, 0.717) is 11.4 Å². The largest absolute Gasteiger partial charge is 0.464 e. The van der Waals surface area contributed by atoms with Crippen LogP contribution in [0.15, 0.2) is 36.4 Å². The summed E-state index contributed by atoms with van der Waals surface area (Å²) >= 11 is 0. The van der Waals surface area contributed by atoms with Gasteiger partial charge in [0.15, 0.2) is 6.10 Å². The monoisotopic (exact) mass is 300 g/mol. The topological polar surface area (TPSA) is 87.7 Å². The molecule has 114 valence electrons. The fourth-order valence-electron chi connectivity index (χ4n) is 2.60. The van der Waals surface area contributed by atoms with Gasteiger partial charge < -0.3 is 20.5 Å². The van der Waals surface area contributed by atoms with Gasteiger partial charge in [0.1, 0.15) is 6.04 Å². The van der Waals surface area contributed by atoms with Crippen LogP contribution in [0.3, 0.4) is 0 Å². The summed E-state index contributed by atoms with van der Waals surface area (Å²) < 4.78 is 4.79. The van der Waals surface area contributed by atoms with Crippen LogP contribution < -0.4 is 10.6 Å². The van der Waals surface area contributed by atoms with Gasteiger partial charge in [-0.1, -0.05) is 24.3 Å². The van der Waals surface area contributed by atoms with Crippen molar-refractivity contribution in [3.05, 3.63) is 36.4 Å². The number of aliphatic hydroxyl groups is 1. The molecule has 6 nitrogen and oxygen atoms in total. The fourth-order valence-corrected chi connectivity index (χ4v) is 2.60. The highest BCUT2D eigenvalue weighted by Crippen LogP contribution is 2.33. The third-order valence-corrected chi connectivity index (χ3v) is 3.60. The van der Waals surface area contributed by atoms with E-state index in [1.54, 1.807) is 19.1 Å². The van der Waals surface area contributed by atoms with Gasteiger partial charge in [-0.3, -0.25) is 4.79 Å². The van der Waals surface area contributed by atoms with Crippen molar-refractivity contribution in [2.24, 2.45) is 0 Å². The van der Waals surface area contributed by atoms with E-state index in [2.05, 4.69) is 10.6 Å². The second-order valence-electron chi connectivity index (χ2n) is 5.02. The average molecular weight is 300 g/mol. The Balaban J connectivity index is 2.02. The standard InChI is InChI=1S/C16H16N2O4/c1-2-22-16(21)14(19)13-15(20)18-11-8-4-6-9-5-3-7-10(17-13)12(9)11/h3-8,13-14,17,19H,2H2,1H3,(H,18,20)/t13-,14+/m0/s1. The Morgan fingerprint density at radius 1 is 1.27 bits per heavy atom. The van der Waals surface area contributed by atoms with Crippen molar-refractivity contribution in [2.45, 2.75) is 19.1 Å². The van der Waals surface area contributed by atoms with Gasteiger partial charge >= 0.3 is 5.97 Å². The van der Waals surface area contributed by atoms with Crippen molar-refractivity contribution in [2.75, 3.05) is 17.2 Å². The second kappa shape index (κ2) is 5.65. The number of anilines is 2. The SMILES string of the molecule is CCOC(=O)[C@H](O)[C@@H]1Nc2cccc3cccc(c23)NC1=O. The molecule has 2 aromatic rings. The normalized spacial score (nSPS) is 18.1. The van der Waals surface area contributed by atoms with Crippen molar-refractivity contribution in [1.29, 1.82) is 0 Å². The number of benzene rings is 2. The Labute approximate surface area is 127 Å². The summed E-state index contributed by atoms with van der Waals surface area (Å²) in [5.74, 6) is -1.31. The number of carbonyl (C=O) groups is 2. The van der Waals surface area contributed by atoms with Crippen molar-refractivity contribution in [3.63, 3.8) is 0 Å². The summed E-state index contributed by atoms with van der Waals surface area (Å²) in [4.78, 5) is 24.1. The predicted octanol–water partition coefficient (Wildman–Crippen LogP) is 1.50. The Morgan fingerprint density at radius 2 is 1.95 bits per heavy atom. The average Bonchev–Trinajstić information content (AvgIpc) is 2.65. The number of hydrogen-bond acceptors (Lipinski definition) is 5. The first-order valence-electron chi connectivity index (χ1n) is 7.05. The van der Waals surface area contributed by atoms with E-state index in [0.717, 1.165) is 10.8 Å². The first kappa shape index (κ1) is 14.3. The lowest BCUT2D eigenvalue weighted by atomic mass is 10.1. The minimum atomic E-state index is -1.58. The Morgan fingerprint density at radius 3 is 2.64 bits per heavy atom. The Bertz CT molecular complexity index is 739. The Kier molecular flexibility index (Phi) is 3.68. The van der Waals surface area contributed by atoms with Gasteiger partial charge in [-0.15, -0.1) is 0 Å². The van der Waals surface area contributed by atoms with Crippen molar-refractivity contribution in [1.82, 2.24) is 0 Å². The minimum absolute atomic E-state index is 0.139. The highest BCUT2D eigenvalue weighted by atomic mass is 16.5. The van der Waals surface area contributed by atoms with E-state index in [1.165, 1.54) is 0 Å². The zero-order valence-electron chi connectivity index (χ0n) is 12.0. The molecule has 0 saturated heterocycles. The van der Waals surface area contributed by atoms with E-state index in [4.69, 9.17) is 4.74 Å². The van der Waals surface area contributed by atoms with E-state index in [-0.39, 0.29) is 6.61 Å². The van der Waals surface area contributed by atoms with Crippen LogP contribution >= 0.6 is 0 Å². The molecule has 2 atom stereocenters. The number of hydrogen-bond donors (Lipinski definition) is 3. The first-order chi connectivity index (χ1) is 10.6. The molecule has 0 spiro atoms. The zero-order valence-corrected chi connectivity index (χ0v) is 12.0. The minimum Gasteiger partial charge on any atom is -0.464 e. The molecule has 1 aliphatic rings. The molecule has 0 aliphatic carbocycles. The number of rotatable bonds is 3. The molecular formula is C16H16N2O4. The van der Waals surface area contributed by atoms with Gasteiger partial charge in [0.05, 0.1) is 12.3 Å². The van der Waals surface area contributed by atoms with E-state index < -0.39 is 24.0 Å². The quantitative estimate of drug-likeness (QED) is 0.748. The third kappa shape index (κ3) is 2.37.